The third kappa shape index (κ3) is 65.9. The van der Waals surface area contributed by atoms with Gasteiger partial charge in [0, 0.05) is 6.42 Å². The van der Waals surface area contributed by atoms with Gasteiger partial charge in [0.05, 0.1) is 39.9 Å². The van der Waals surface area contributed by atoms with Crippen LogP contribution in [0.4, 0.5) is 0 Å². The van der Waals surface area contributed by atoms with E-state index in [1.54, 1.807) is 0 Å². The molecule has 84 heavy (non-hydrogen) atoms. The zero-order chi connectivity index (χ0) is 61.2. The van der Waals surface area contributed by atoms with E-state index < -0.39 is 20.0 Å². The van der Waals surface area contributed by atoms with E-state index >= 15 is 0 Å². The molecule has 0 aromatic rings. The van der Waals surface area contributed by atoms with E-state index in [1.807, 2.05) is 21.1 Å². The summed E-state index contributed by atoms with van der Waals surface area (Å²) in [4.78, 5) is 25.6. The van der Waals surface area contributed by atoms with Gasteiger partial charge < -0.3 is 28.8 Å². The van der Waals surface area contributed by atoms with Gasteiger partial charge in [-0.1, -0.05) is 307 Å². The zero-order valence-corrected chi connectivity index (χ0v) is 55.7. The van der Waals surface area contributed by atoms with Crippen molar-refractivity contribution in [3.8, 4) is 0 Å². The van der Waals surface area contributed by atoms with Gasteiger partial charge in [-0.25, -0.2) is 0 Å². The Morgan fingerprint density at radius 3 is 1.04 bits per heavy atom. The highest BCUT2D eigenvalue weighted by Crippen LogP contribution is 2.38. The molecule has 9 heteroatoms. The molecular formula is C75H129N2O6P. The van der Waals surface area contributed by atoms with E-state index in [2.05, 4.69) is 165 Å². The molecule has 3 atom stereocenters. The minimum Gasteiger partial charge on any atom is -0.756 e. The van der Waals surface area contributed by atoms with Crippen molar-refractivity contribution in [2.24, 2.45) is 0 Å². The molecule has 0 aromatic heterocycles. The van der Waals surface area contributed by atoms with Crippen molar-refractivity contribution < 1.29 is 32.9 Å². The topological polar surface area (TPSA) is 108 Å². The Morgan fingerprint density at radius 2 is 0.726 bits per heavy atom. The number of allylic oxidation sites excluding steroid dienone is 24. The van der Waals surface area contributed by atoms with Gasteiger partial charge in [-0.2, -0.15) is 0 Å². The second kappa shape index (κ2) is 63.9. The Kier molecular flexibility index (Phi) is 61.1. The largest absolute Gasteiger partial charge is 0.756 e. The number of phosphoric ester groups is 1. The Balaban J connectivity index is 4.22. The predicted octanol–water partition coefficient (Wildman–Crippen LogP) is 21.4. The average molecular weight is 1190 g/mol. The summed E-state index contributed by atoms with van der Waals surface area (Å²) in [7, 11) is 1.26. The number of unbranched alkanes of at least 4 members (excludes halogenated alkanes) is 24. The number of carbonyl (C=O) groups is 1. The minimum atomic E-state index is -4.60. The van der Waals surface area contributed by atoms with Crippen LogP contribution in [0.5, 0.6) is 0 Å². The van der Waals surface area contributed by atoms with E-state index in [0.717, 1.165) is 109 Å². The Morgan fingerprint density at radius 1 is 0.429 bits per heavy atom. The highest BCUT2D eigenvalue weighted by atomic mass is 31.2. The molecule has 0 spiro atoms. The number of aliphatic hydroxyl groups excluding tert-OH is 1. The van der Waals surface area contributed by atoms with Crippen molar-refractivity contribution in [1.29, 1.82) is 0 Å². The van der Waals surface area contributed by atoms with Crippen molar-refractivity contribution >= 4 is 13.7 Å². The zero-order valence-electron chi connectivity index (χ0n) is 54.8. The fourth-order valence-electron chi connectivity index (χ4n) is 9.32. The van der Waals surface area contributed by atoms with Gasteiger partial charge in [-0.05, 0) is 103 Å². The lowest BCUT2D eigenvalue weighted by Gasteiger charge is -2.30. The first-order valence-electron chi connectivity index (χ1n) is 34.2. The Labute approximate surface area is 519 Å². The van der Waals surface area contributed by atoms with Crippen LogP contribution in [-0.4, -0.2) is 68.5 Å². The molecule has 1 amide bonds. The van der Waals surface area contributed by atoms with Crippen molar-refractivity contribution in [3.63, 3.8) is 0 Å². The van der Waals surface area contributed by atoms with Crippen LogP contribution >= 0.6 is 7.82 Å². The monoisotopic (exact) mass is 1180 g/mol. The number of phosphoric acid groups is 1. The maximum atomic E-state index is 13.0. The maximum Gasteiger partial charge on any atom is 0.268 e. The second-order valence-corrected chi connectivity index (χ2v) is 25.2. The van der Waals surface area contributed by atoms with Gasteiger partial charge in [0.2, 0.25) is 5.91 Å². The number of amides is 1. The SMILES string of the molecule is CC/C=C\C/C=C\C/C=C\C/C=C\C/C=C\C/C=C\C/C=C\C/C=C\C/C=C\C/C=C\C/C=C\C/C=C\CCCCC(=O)NC(COP(=O)([O-])OCC[N+](C)(C)C)C(O)CCCCCCCCCCCCCCCCCCCCCCCCC. The smallest absolute Gasteiger partial charge is 0.268 e. The molecule has 0 aliphatic rings. The first-order valence-corrected chi connectivity index (χ1v) is 35.6. The third-order valence-electron chi connectivity index (χ3n) is 14.6. The Bertz CT molecular complexity index is 1880. The van der Waals surface area contributed by atoms with E-state index in [0.29, 0.717) is 30.3 Å². The fraction of sp³-hybridized carbons (Fsp3) is 0.667. The number of nitrogens with zero attached hydrogens (tertiary/aromatic N) is 1. The number of rotatable bonds is 61. The number of likely N-dealkylation sites (N-methyl/N-ethyl adjacent to an activating group) is 1. The summed E-state index contributed by atoms with van der Waals surface area (Å²) in [6.07, 6.45) is 97.7. The summed E-state index contributed by atoms with van der Waals surface area (Å²) in [6, 6.07) is -0.836. The highest BCUT2D eigenvalue weighted by molar-refractivity contribution is 7.45. The lowest BCUT2D eigenvalue weighted by molar-refractivity contribution is -0.870. The summed E-state index contributed by atoms with van der Waals surface area (Å²) in [5, 5.41) is 14.0. The maximum absolute atomic E-state index is 13.0. The van der Waals surface area contributed by atoms with Crippen molar-refractivity contribution in [2.45, 2.75) is 283 Å². The van der Waals surface area contributed by atoms with Gasteiger partial charge in [0.1, 0.15) is 13.2 Å². The summed E-state index contributed by atoms with van der Waals surface area (Å²) < 4.78 is 23.5. The first kappa shape index (κ1) is 80.4. The summed E-state index contributed by atoms with van der Waals surface area (Å²) >= 11 is 0. The molecule has 3 unspecified atom stereocenters. The van der Waals surface area contributed by atoms with E-state index in [1.165, 1.54) is 128 Å². The average Bonchev–Trinajstić information content (AvgIpc) is 3.56. The molecule has 0 aromatic carbocycles. The Hall–Kier alpha value is -3.62. The first-order chi connectivity index (χ1) is 41.0. The van der Waals surface area contributed by atoms with Gasteiger partial charge in [-0.15, -0.1) is 0 Å². The second-order valence-electron chi connectivity index (χ2n) is 23.8. The minimum absolute atomic E-state index is 0.00372. The van der Waals surface area contributed by atoms with Crippen LogP contribution in [0, 0.1) is 0 Å². The normalized spacial score (nSPS) is 14.6. The van der Waals surface area contributed by atoms with Crippen LogP contribution in [0.1, 0.15) is 271 Å². The molecule has 480 valence electrons. The molecule has 0 bridgehead atoms. The predicted molar refractivity (Wildman–Crippen MR) is 366 cm³/mol. The van der Waals surface area contributed by atoms with E-state index in [-0.39, 0.29) is 19.1 Å². The van der Waals surface area contributed by atoms with E-state index in [4.69, 9.17) is 9.05 Å². The molecule has 0 fully saturated rings. The van der Waals surface area contributed by atoms with Crippen LogP contribution < -0.4 is 10.2 Å². The van der Waals surface area contributed by atoms with Crippen LogP contribution in [0.15, 0.2) is 146 Å². The van der Waals surface area contributed by atoms with Gasteiger partial charge in [0.25, 0.3) is 7.82 Å². The van der Waals surface area contributed by atoms with Crippen molar-refractivity contribution in [3.05, 3.63) is 146 Å². The molecular weight excluding hydrogens is 1060 g/mol. The lowest BCUT2D eigenvalue weighted by atomic mass is 10.0. The van der Waals surface area contributed by atoms with Crippen molar-refractivity contribution in [2.75, 3.05) is 40.9 Å². The number of carbonyl (C=O) groups excluding carboxylic acids is 1. The highest BCUT2D eigenvalue weighted by Gasteiger charge is 2.24. The van der Waals surface area contributed by atoms with Crippen LogP contribution in [-0.2, 0) is 18.4 Å². The molecule has 0 aliphatic heterocycles. The molecule has 0 saturated carbocycles. The van der Waals surface area contributed by atoms with E-state index in [9.17, 15) is 19.4 Å². The summed E-state index contributed by atoms with van der Waals surface area (Å²) in [5.41, 5.74) is 0. The van der Waals surface area contributed by atoms with Gasteiger partial charge in [0.15, 0.2) is 0 Å². The number of nitrogens with one attached hydrogen (secondary N) is 1. The number of aliphatic hydroxyl groups is 1. The number of quaternary nitrogens is 1. The summed E-state index contributed by atoms with van der Waals surface area (Å²) in [5.74, 6) is -0.210. The molecule has 0 saturated heterocycles. The molecule has 0 heterocycles. The molecule has 0 radical (unpaired) electrons. The van der Waals surface area contributed by atoms with Gasteiger partial charge >= 0.3 is 0 Å². The number of hydrogen-bond donors (Lipinski definition) is 2. The molecule has 8 nitrogen and oxygen atoms in total. The quantitative estimate of drug-likeness (QED) is 0.0272. The fourth-order valence-corrected chi connectivity index (χ4v) is 10.0. The standard InChI is InChI=1S/C75H129N2O6P/c1-6-8-10-12-14-16-18-20-22-24-26-28-30-31-32-33-34-35-36-37-38-39-40-41-42-43-44-45-47-49-51-53-55-57-59-61-63-65-67-69-75(79)76-73(72-83-84(80,81)82-71-70-77(3,4)5)74(78)68-66-64-62-60-58-56-54-52-50-48-46-29-27-25-23-21-19-17-15-13-11-9-7-2/h8,10,14,16,20,22,26,28,31-32,34-35,37-38,40-41,43-44,47,49,53,55,59,61,73-74,78H,6-7,9,11-13,15,17-19,21,23-25,27,29-30,33,36,39,42,45-46,48,50-52,54,56-58,60,62-72H2,1-5H3,(H-,76,79,80,81)/b10-8-,16-14-,22-20-,28-26-,32-31-,35-34-,38-37-,41-40-,44-43-,49-47-,55-53-,61-59-. The molecule has 0 rings (SSSR count). The summed E-state index contributed by atoms with van der Waals surface area (Å²) in [6.45, 7) is 4.58. The van der Waals surface area contributed by atoms with Crippen LogP contribution in [0.3, 0.4) is 0 Å². The molecule has 0 aliphatic carbocycles. The van der Waals surface area contributed by atoms with Gasteiger partial charge in [-0.3, -0.25) is 9.36 Å². The molecule has 2 N–H and O–H groups in total. The van der Waals surface area contributed by atoms with Crippen molar-refractivity contribution in [1.82, 2.24) is 5.32 Å². The lowest BCUT2D eigenvalue weighted by Crippen LogP contribution is -2.46. The van der Waals surface area contributed by atoms with Crippen LogP contribution in [0.25, 0.3) is 0 Å². The van der Waals surface area contributed by atoms with Crippen LogP contribution in [0.2, 0.25) is 0 Å². The third-order valence-corrected chi connectivity index (χ3v) is 15.6. The number of hydrogen-bond acceptors (Lipinski definition) is 6.